The number of ether oxygens (including phenoxy) is 1. The molecule has 2 aromatic rings. The molecule has 106 valence electrons. The highest BCUT2D eigenvalue weighted by molar-refractivity contribution is 9.10. The molecule has 2 rings (SSSR count). The van der Waals surface area contributed by atoms with Crippen LogP contribution in [0.25, 0.3) is 0 Å². The fourth-order valence-corrected chi connectivity index (χ4v) is 2.63. The maximum absolute atomic E-state index is 9.99. The van der Waals surface area contributed by atoms with Crippen LogP contribution in [0.1, 0.15) is 30.6 Å². The second-order valence-electron chi connectivity index (χ2n) is 4.49. The van der Waals surface area contributed by atoms with Gasteiger partial charge in [-0.3, -0.25) is 0 Å². The molecule has 0 aliphatic rings. The second kappa shape index (κ2) is 7.11. The van der Waals surface area contributed by atoms with E-state index in [-0.39, 0.29) is 0 Å². The molecule has 0 saturated carbocycles. The quantitative estimate of drug-likeness (QED) is 0.806. The summed E-state index contributed by atoms with van der Waals surface area (Å²) in [5.74, 6) is 0.695. The van der Waals surface area contributed by atoms with Crippen LogP contribution in [0.3, 0.4) is 0 Å². The minimum absolute atomic E-state index is 0.375. The third-order valence-electron chi connectivity index (χ3n) is 3.06. The zero-order chi connectivity index (χ0) is 14.5. The van der Waals surface area contributed by atoms with Crippen molar-refractivity contribution in [1.82, 2.24) is 0 Å². The van der Waals surface area contributed by atoms with E-state index in [1.165, 1.54) is 0 Å². The van der Waals surface area contributed by atoms with Gasteiger partial charge in [0, 0.05) is 20.6 Å². The molecule has 4 heteroatoms. The van der Waals surface area contributed by atoms with Gasteiger partial charge in [0.15, 0.2) is 0 Å². The Morgan fingerprint density at radius 1 is 1.25 bits per heavy atom. The molecule has 2 nitrogen and oxygen atoms in total. The van der Waals surface area contributed by atoms with Crippen LogP contribution >= 0.6 is 27.5 Å². The van der Waals surface area contributed by atoms with Crippen LogP contribution in [0.2, 0.25) is 5.02 Å². The fourth-order valence-electron chi connectivity index (χ4n) is 1.90. The van der Waals surface area contributed by atoms with Crippen LogP contribution in [0.4, 0.5) is 0 Å². The molecule has 0 aliphatic heterocycles. The summed E-state index contributed by atoms with van der Waals surface area (Å²) < 4.78 is 6.75. The van der Waals surface area contributed by atoms with Crippen molar-refractivity contribution < 1.29 is 9.84 Å². The largest absolute Gasteiger partial charge is 0.488 e. The van der Waals surface area contributed by atoms with Gasteiger partial charge in [-0.2, -0.15) is 0 Å². The Labute approximate surface area is 132 Å². The number of hydrogen-bond acceptors (Lipinski definition) is 2. The van der Waals surface area contributed by atoms with Gasteiger partial charge in [-0.15, -0.1) is 0 Å². The molecule has 0 spiro atoms. The highest BCUT2D eigenvalue weighted by Crippen LogP contribution is 2.29. The van der Waals surface area contributed by atoms with Crippen molar-refractivity contribution in [2.75, 3.05) is 0 Å². The third kappa shape index (κ3) is 3.75. The number of para-hydroxylation sites is 1. The van der Waals surface area contributed by atoms with E-state index < -0.39 is 6.10 Å². The van der Waals surface area contributed by atoms with E-state index in [2.05, 4.69) is 15.9 Å². The second-order valence-corrected chi connectivity index (χ2v) is 5.81. The van der Waals surface area contributed by atoms with Crippen LogP contribution in [0.5, 0.6) is 5.75 Å². The van der Waals surface area contributed by atoms with Crippen molar-refractivity contribution in [2.45, 2.75) is 26.1 Å². The predicted octanol–water partition coefficient (Wildman–Crippen LogP) is 5.12. The standard InChI is InChI=1S/C16H16BrClO2/c1-2-15(19)13-5-3-4-6-16(13)20-10-11-7-8-12(17)9-14(11)18/h3-9,15,19H,2,10H2,1H3/t15-/m0/s1. The summed E-state index contributed by atoms with van der Waals surface area (Å²) >= 11 is 9.54. The molecule has 0 heterocycles. The molecule has 0 bridgehead atoms. The monoisotopic (exact) mass is 354 g/mol. The molecule has 0 unspecified atom stereocenters. The van der Waals surface area contributed by atoms with E-state index in [0.717, 1.165) is 15.6 Å². The summed E-state index contributed by atoms with van der Waals surface area (Å²) in [6, 6.07) is 13.2. The highest BCUT2D eigenvalue weighted by Gasteiger charge is 2.11. The maximum Gasteiger partial charge on any atom is 0.125 e. The van der Waals surface area contributed by atoms with E-state index in [4.69, 9.17) is 16.3 Å². The van der Waals surface area contributed by atoms with Gasteiger partial charge in [0.25, 0.3) is 0 Å². The SMILES string of the molecule is CC[C@H](O)c1ccccc1OCc1ccc(Br)cc1Cl. The normalized spacial score (nSPS) is 12.2. The van der Waals surface area contributed by atoms with E-state index in [9.17, 15) is 5.11 Å². The highest BCUT2D eigenvalue weighted by atomic mass is 79.9. The van der Waals surface area contributed by atoms with E-state index >= 15 is 0 Å². The maximum atomic E-state index is 9.99. The Morgan fingerprint density at radius 3 is 2.70 bits per heavy atom. The van der Waals surface area contributed by atoms with Crippen molar-refractivity contribution in [3.63, 3.8) is 0 Å². The number of aliphatic hydroxyl groups is 1. The first kappa shape index (κ1) is 15.4. The zero-order valence-electron chi connectivity index (χ0n) is 11.1. The van der Waals surface area contributed by atoms with Crippen LogP contribution in [0, 0.1) is 0 Å². The van der Waals surface area contributed by atoms with E-state index in [0.29, 0.717) is 23.8 Å². The predicted molar refractivity (Wildman–Crippen MR) is 85.2 cm³/mol. The lowest BCUT2D eigenvalue weighted by Gasteiger charge is -2.15. The zero-order valence-corrected chi connectivity index (χ0v) is 13.5. The third-order valence-corrected chi connectivity index (χ3v) is 3.91. The van der Waals surface area contributed by atoms with E-state index in [1.54, 1.807) is 0 Å². The Balaban J connectivity index is 2.15. The van der Waals surface area contributed by atoms with Crippen molar-refractivity contribution >= 4 is 27.5 Å². The smallest absolute Gasteiger partial charge is 0.125 e. The summed E-state index contributed by atoms with van der Waals surface area (Å²) in [7, 11) is 0. The topological polar surface area (TPSA) is 29.5 Å². The minimum atomic E-state index is -0.508. The Hall–Kier alpha value is -1.03. The summed E-state index contributed by atoms with van der Waals surface area (Å²) in [6.45, 7) is 2.31. The average molecular weight is 356 g/mol. The van der Waals surface area contributed by atoms with Gasteiger partial charge < -0.3 is 9.84 Å². The van der Waals surface area contributed by atoms with Gasteiger partial charge in [-0.25, -0.2) is 0 Å². The van der Waals surface area contributed by atoms with Crippen LogP contribution < -0.4 is 4.74 Å². The minimum Gasteiger partial charge on any atom is -0.488 e. The first-order chi connectivity index (χ1) is 9.61. The lowest BCUT2D eigenvalue weighted by atomic mass is 10.1. The summed E-state index contributed by atoms with van der Waals surface area (Å²) in [6.07, 6.45) is 0.144. The molecule has 0 radical (unpaired) electrons. The van der Waals surface area contributed by atoms with Gasteiger partial charge in [0.05, 0.1) is 6.10 Å². The summed E-state index contributed by atoms with van der Waals surface area (Å²) in [5.41, 5.74) is 1.72. The molecule has 0 fully saturated rings. The number of rotatable bonds is 5. The Kier molecular flexibility index (Phi) is 5.46. The van der Waals surface area contributed by atoms with Gasteiger partial charge in [0.2, 0.25) is 0 Å². The molecular weight excluding hydrogens is 340 g/mol. The first-order valence-corrected chi connectivity index (χ1v) is 7.62. The van der Waals surface area contributed by atoms with Crippen molar-refractivity contribution in [1.29, 1.82) is 0 Å². The summed E-state index contributed by atoms with van der Waals surface area (Å²) in [5, 5.41) is 10.6. The van der Waals surface area contributed by atoms with Crippen LogP contribution in [-0.4, -0.2) is 5.11 Å². The molecule has 0 aromatic heterocycles. The molecule has 2 aromatic carbocycles. The molecule has 20 heavy (non-hydrogen) atoms. The van der Waals surface area contributed by atoms with Crippen molar-refractivity contribution in [2.24, 2.45) is 0 Å². The summed E-state index contributed by atoms with van der Waals surface area (Å²) in [4.78, 5) is 0. The van der Waals surface area contributed by atoms with Crippen LogP contribution in [-0.2, 0) is 6.61 Å². The number of benzene rings is 2. The molecule has 1 atom stereocenters. The van der Waals surface area contributed by atoms with Gasteiger partial charge in [-0.1, -0.05) is 58.7 Å². The Morgan fingerprint density at radius 2 is 2.00 bits per heavy atom. The molecule has 0 aliphatic carbocycles. The lowest BCUT2D eigenvalue weighted by Crippen LogP contribution is -2.02. The van der Waals surface area contributed by atoms with Gasteiger partial charge in [-0.05, 0) is 24.6 Å². The molecule has 0 amide bonds. The molecular formula is C16H16BrClO2. The van der Waals surface area contributed by atoms with Crippen molar-refractivity contribution in [3.8, 4) is 5.75 Å². The van der Waals surface area contributed by atoms with Crippen molar-refractivity contribution in [3.05, 3.63) is 63.1 Å². The number of halogens is 2. The van der Waals surface area contributed by atoms with E-state index in [1.807, 2.05) is 49.4 Å². The average Bonchev–Trinajstić information content (AvgIpc) is 2.46. The lowest BCUT2D eigenvalue weighted by molar-refractivity contribution is 0.166. The van der Waals surface area contributed by atoms with Crippen LogP contribution in [0.15, 0.2) is 46.9 Å². The number of aliphatic hydroxyl groups excluding tert-OH is 1. The van der Waals surface area contributed by atoms with Gasteiger partial charge in [0.1, 0.15) is 12.4 Å². The molecule has 1 N–H and O–H groups in total. The Bertz CT molecular complexity index is 586. The number of hydrogen-bond donors (Lipinski definition) is 1. The molecule has 0 saturated heterocycles. The first-order valence-electron chi connectivity index (χ1n) is 6.45. The van der Waals surface area contributed by atoms with Gasteiger partial charge >= 0.3 is 0 Å². The fraction of sp³-hybridized carbons (Fsp3) is 0.250.